The Bertz CT molecular complexity index is 309. The Balaban J connectivity index is 2.10. The average molecular weight is 238 g/mol. The van der Waals surface area contributed by atoms with Crippen molar-refractivity contribution < 1.29 is 9.59 Å². The third-order valence-electron chi connectivity index (χ3n) is 3.90. The van der Waals surface area contributed by atoms with Gasteiger partial charge in [-0.05, 0) is 19.3 Å². The minimum Gasteiger partial charge on any atom is -0.340 e. The summed E-state index contributed by atoms with van der Waals surface area (Å²) in [5.41, 5.74) is -0.554. The number of nitrogens with zero attached hydrogens (tertiary/aromatic N) is 1. The summed E-state index contributed by atoms with van der Waals surface area (Å²) < 4.78 is 0. The molecule has 0 aromatic heterocycles. The SMILES string of the molecule is CCCCN1CC(=O)NC2(CCCCC2)C1=O. The second kappa shape index (κ2) is 5.07. The quantitative estimate of drug-likeness (QED) is 0.809. The lowest BCUT2D eigenvalue weighted by Gasteiger charge is -2.44. The van der Waals surface area contributed by atoms with Crippen molar-refractivity contribution in [1.82, 2.24) is 10.2 Å². The van der Waals surface area contributed by atoms with E-state index in [1.807, 2.05) is 0 Å². The van der Waals surface area contributed by atoms with Gasteiger partial charge in [0.05, 0.1) is 6.54 Å². The number of hydrogen-bond acceptors (Lipinski definition) is 2. The predicted octanol–water partition coefficient (Wildman–Crippen LogP) is 1.45. The molecule has 96 valence electrons. The van der Waals surface area contributed by atoms with Crippen molar-refractivity contribution in [3.63, 3.8) is 0 Å². The molecular formula is C13H22N2O2. The Morgan fingerprint density at radius 2 is 1.94 bits per heavy atom. The summed E-state index contributed by atoms with van der Waals surface area (Å²) in [5, 5.41) is 2.96. The van der Waals surface area contributed by atoms with Crippen LogP contribution in [0.2, 0.25) is 0 Å². The fourth-order valence-electron chi connectivity index (χ4n) is 2.93. The molecule has 1 saturated heterocycles. The molecule has 0 atom stereocenters. The first kappa shape index (κ1) is 12.4. The maximum atomic E-state index is 12.5. The maximum absolute atomic E-state index is 12.5. The third kappa shape index (κ3) is 2.45. The van der Waals surface area contributed by atoms with Gasteiger partial charge in [-0.2, -0.15) is 0 Å². The highest BCUT2D eigenvalue weighted by atomic mass is 16.2. The van der Waals surface area contributed by atoms with Gasteiger partial charge in [0.15, 0.2) is 0 Å². The van der Waals surface area contributed by atoms with Crippen molar-refractivity contribution in [2.75, 3.05) is 13.1 Å². The van der Waals surface area contributed by atoms with Gasteiger partial charge in [-0.1, -0.05) is 32.6 Å². The molecule has 1 N–H and O–H groups in total. The molecule has 2 rings (SSSR count). The molecule has 1 aliphatic carbocycles. The lowest BCUT2D eigenvalue weighted by Crippen LogP contribution is -2.67. The molecule has 17 heavy (non-hydrogen) atoms. The number of unbranched alkanes of at least 4 members (excludes halogenated alkanes) is 1. The normalized spacial score (nSPS) is 23.9. The Morgan fingerprint density at radius 1 is 1.24 bits per heavy atom. The minimum absolute atomic E-state index is 0.0163. The van der Waals surface area contributed by atoms with E-state index >= 15 is 0 Å². The predicted molar refractivity (Wildman–Crippen MR) is 65.4 cm³/mol. The smallest absolute Gasteiger partial charge is 0.248 e. The second-order valence-corrected chi connectivity index (χ2v) is 5.27. The molecule has 0 aromatic rings. The van der Waals surface area contributed by atoms with Gasteiger partial charge in [-0.3, -0.25) is 9.59 Å². The Labute approximate surface area is 103 Å². The van der Waals surface area contributed by atoms with Crippen LogP contribution in [0, 0.1) is 0 Å². The van der Waals surface area contributed by atoms with E-state index in [1.54, 1.807) is 4.90 Å². The fraction of sp³-hybridized carbons (Fsp3) is 0.846. The first-order valence-electron chi connectivity index (χ1n) is 6.78. The van der Waals surface area contributed by atoms with Gasteiger partial charge >= 0.3 is 0 Å². The maximum Gasteiger partial charge on any atom is 0.248 e. The number of carbonyl (C=O) groups is 2. The number of hydrogen-bond donors (Lipinski definition) is 1. The number of rotatable bonds is 3. The second-order valence-electron chi connectivity index (χ2n) is 5.27. The van der Waals surface area contributed by atoms with E-state index in [2.05, 4.69) is 12.2 Å². The molecule has 2 amide bonds. The van der Waals surface area contributed by atoms with Crippen LogP contribution in [0.25, 0.3) is 0 Å². The zero-order valence-electron chi connectivity index (χ0n) is 10.6. The highest BCUT2D eigenvalue weighted by Gasteiger charge is 2.46. The number of nitrogens with one attached hydrogen (secondary N) is 1. The first-order chi connectivity index (χ1) is 8.18. The zero-order valence-corrected chi connectivity index (χ0v) is 10.6. The molecule has 1 heterocycles. The van der Waals surface area contributed by atoms with Crippen LogP contribution in [0.15, 0.2) is 0 Å². The molecule has 4 heteroatoms. The summed E-state index contributed by atoms with van der Waals surface area (Å²) in [6.07, 6.45) is 6.95. The van der Waals surface area contributed by atoms with Crippen LogP contribution < -0.4 is 5.32 Å². The fourth-order valence-corrected chi connectivity index (χ4v) is 2.93. The van der Waals surface area contributed by atoms with Crippen molar-refractivity contribution in [1.29, 1.82) is 0 Å². The summed E-state index contributed by atoms with van der Waals surface area (Å²) in [6, 6.07) is 0. The summed E-state index contributed by atoms with van der Waals surface area (Å²) in [7, 11) is 0. The van der Waals surface area contributed by atoms with Gasteiger partial charge < -0.3 is 10.2 Å². The van der Waals surface area contributed by atoms with E-state index in [0.717, 1.165) is 45.1 Å². The van der Waals surface area contributed by atoms with Crippen molar-refractivity contribution in [3.05, 3.63) is 0 Å². The van der Waals surface area contributed by atoms with E-state index in [1.165, 1.54) is 6.42 Å². The molecule has 1 aliphatic heterocycles. The van der Waals surface area contributed by atoms with Gasteiger partial charge in [-0.25, -0.2) is 0 Å². The van der Waals surface area contributed by atoms with E-state index < -0.39 is 5.54 Å². The summed E-state index contributed by atoms with van der Waals surface area (Å²) in [6.45, 7) is 3.08. The molecule has 0 bridgehead atoms. The molecule has 0 aromatic carbocycles. The van der Waals surface area contributed by atoms with Crippen LogP contribution >= 0.6 is 0 Å². The monoisotopic (exact) mass is 238 g/mol. The molecular weight excluding hydrogens is 216 g/mol. The van der Waals surface area contributed by atoms with Gasteiger partial charge in [0.25, 0.3) is 0 Å². The highest BCUT2D eigenvalue weighted by Crippen LogP contribution is 2.31. The van der Waals surface area contributed by atoms with Crippen LogP contribution in [0.3, 0.4) is 0 Å². The van der Waals surface area contributed by atoms with E-state index in [-0.39, 0.29) is 18.4 Å². The van der Waals surface area contributed by atoms with Crippen molar-refractivity contribution in [2.24, 2.45) is 0 Å². The molecule has 2 aliphatic rings. The largest absolute Gasteiger partial charge is 0.340 e. The van der Waals surface area contributed by atoms with E-state index in [9.17, 15) is 9.59 Å². The standard InChI is InChI=1S/C13H22N2O2/c1-2-3-9-15-10-11(16)14-13(12(15)17)7-5-4-6-8-13/h2-10H2,1H3,(H,14,16). The van der Waals surface area contributed by atoms with Crippen LogP contribution in [-0.4, -0.2) is 35.3 Å². The zero-order chi connectivity index (χ0) is 12.3. The van der Waals surface area contributed by atoms with Gasteiger partial charge in [-0.15, -0.1) is 0 Å². The number of piperazine rings is 1. The van der Waals surface area contributed by atoms with Gasteiger partial charge in [0.2, 0.25) is 11.8 Å². The summed E-state index contributed by atoms with van der Waals surface area (Å²) >= 11 is 0. The topological polar surface area (TPSA) is 49.4 Å². The Hall–Kier alpha value is -1.06. The Kier molecular flexibility index (Phi) is 3.69. The molecule has 2 fully saturated rings. The molecule has 1 spiro atoms. The minimum atomic E-state index is -0.554. The van der Waals surface area contributed by atoms with Crippen molar-refractivity contribution in [3.8, 4) is 0 Å². The molecule has 4 nitrogen and oxygen atoms in total. The van der Waals surface area contributed by atoms with Crippen molar-refractivity contribution in [2.45, 2.75) is 57.4 Å². The third-order valence-corrected chi connectivity index (χ3v) is 3.90. The van der Waals surface area contributed by atoms with E-state index in [4.69, 9.17) is 0 Å². The van der Waals surface area contributed by atoms with Crippen LogP contribution in [0.1, 0.15) is 51.9 Å². The number of carbonyl (C=O) groups excluding carboxylic acids is 2. The molecule has 0 radical (unpaired) electrons. The van der Waals surface area contributed by atoms with E-state index in [0.29, 0.717) is 0 Å². The molecule has 1 saturated carbocycles. The summed E-state index contributed by atoms with van der Waals surface area (Å²) in [4.78, 5) is 26.0. The Morgan fingerprint density at radius 3 is 2.59 bits per heavy atom. The lowest BCUT2D eigenvalue weighted by molar-refractivity contribution is -0.151. The lowest BCUT2D eigenvalue weighted by atomic mass is 9.79. The van der Waals surface area contributed by atoms with Gasteiger partial charge in [0.1, 0.15) is 5.54 Å². The average Bonchev–Trinajstić information content (AvgIpc) is 2.33. The van der Waals surface area contributed by atoms with Crippen molar-refractivity contribution >= 4 is 11.8 Å². The van der Waals surface area contributed by atoms with Gasteiger partial charge in [0, 0.05) is 6.54 Å². The van der Waals surface area contributed by atoms with Crippen LogP contribution in [-0.2, 0) is 9.59 Å². The van der Waals surface area contributed by atoms with Crippen LogP contribution in [0.4, 0.5) is 0 Å². The highest BCUT2D eigenvalue weighted by molar-refractivity contribution is 5.98. The first-order valence-corrected chi connectivity index (χ1v) is 6.78. The van der Waals surface area contributed by atoms with Crippen LogP contribution in [0.5, 0.6) is 0 Å². The summed E-state index contributed by atoms with van der Waals surface area (Å²) in [5.74, 6) is 0.174. The molecule has 0 unspecified atom stereocenters. The number of amides is 2.